The van der Waals surface area contributed by atoms with Crippen LogP contribution in [0.15, 0.2) is 29.2 Å². The van der Waals surface area contributed by atoms with Crippen LogP contribution in [0.1, 0.15) is 20.8 Å². The SMILES string of the molecule is CCN(CC)CC.Nc1ccccc1S(=O)(=O)O. The Labute approximate surface area is 109 Å². The highest BCUT2D eigenvalue weighted by atomic mass is 32.2. The van der Waals surface area contributed by atoms with Gasteiger partial charge in [-0.15, -0.1) is 0 Å². The van der Waals surface area contributed by atoms with Crippen LogP contribution in [-0.2, 0) is 10.1 Å². The summed E-state index contributed by atoms with van der Waals surface area (Å²) in [5.41, 5.74) is 5.32. The number of nitrogens with zero attached hydrogens (tertiary/aromatic N) is 1. The Bertz CT molecular complexity index is 437. The van der Waals surface area contributed by atoms with Gasteiger partial charge in [0.05, 0.1) is 5.69 Å². The third kappa shape index (κ3) is 6.00. The van der Waals surface area contributed by atoms with Gasteiger partial charge in [0, 0.05) is 0 Å². The summed E-state index contributed by atoms with van der Waals surface area (Å²) in [6, 6.07) is 5.72. The number of benzene rings is 1. The van der Waals surface area contributed by atoms with Crippen molar-refractivity contribution in [3.8, 4) is 0 Å². The molecule has 0 unspecified atom stereocenters. The zero-order valence-corrected chi connectivity index (χ0v) is 11.9. The maximum Gasteiger partial charge on any atom is 0.296 e. The van der Waals surface area contributed by atoms with Crippen LogP contribution in [-0.4, -0.2) is 37.5 Å². The van der Waals surface area contributed by atoms with E-state index in [1.807, 2.05) is 0 Å². The molecule has 5 nitrogen and oxygen atoms in total. The van der Waals surface area contributed by atoms with Gasteiger partial charge in [0.25, 0.3) is 10.1 Å². The first-order valence-corrected chi connectivity index (χ1v) is 7.35. The number of hydrogen-bond donors (Lipinski definition) is 2. The lowest BCUT2D eigenvalue weighted by Gasteiger charge is -2.13. The molecular weight excluding hydrogens is 252 g/mol. The van der Waals surface area contributed by atoms with Gasteiger partial charge in [-0.2, -0.15) is 8.42 Å². The third-order valence-electron chi connectivity index (χ3n) is 2.54. The number of anilines is 1. The fourth-order valence-electron chi connectivity index (χ4n) is 1.39. The monoisotopic (exact) mass is 274 g/mol. The summed E-state index contributed by atoms with van der Waals surface area (Å²) in [4.78, 5) is 2.12. The van der Waals surface area contributed by atoms with E-state index in [0.29, 0.717) is 0 Å². The molecule has 18 heavy (non-hydrogen) atoms. The molecule has 0 atom stereocenters. The maximum absolute atomic E-state index is 10.5. The largest absolute Gasteiger partial charge is 0.398 e. The summed E-state index contributed by atoms with van der Waals surface area (Å²) < 4.78 is 29.6. The van der Waals surface area contributed by atoms with Gasteiger partial charge >= 0.3 is 0 Å². The molecule has 0 bridgehead atoms. The molecule has 104 valence electrons. The molecule has 0 spiro atoms. The van der Waals surface area contributed by atoms with Crippen LogP contribution in [0, 0.1) is 0 Å². The Hall–Kier alpha value is -1.11. The molecule has 0 aliphatic heterocycles. The van der Waals surface area contributed by atoms with Crippen molar-refractivity contribution in [2.75, 3.05) is 25.4 Å². The number of rotatable bonds is 4. The van der Waals surface area contributed by atoms with E-state index in [2.05, 4.69) is 25.7 Å². The Morgan fingerprint density at radius 3 is 1.78 bits per heavy atom. The Morgan fingerprint density at radius 2 is 1.56 bits per heavy atom. The van der Waals surface area contributed by atoms with Gasteiger partial charge in [0.1, 0.15) is 4.90 Å². The average Bonchev–Trinajstić information content (AvgIpc) is 2.31. The maximum atomic E-state index is 10.5. The molecule has 0 heterocycles. The van der Waals surface area contributed by atoms with E-state index in [4.69, 9.17) is 10.3 Å². The zero-order chi connectivity index (χ0) is 14.2. The molecule has 0 aliphatic rings. The normalized spacial score (nSPS) is 10.9. The van der Waals surface area contributed by atoms with E-state index in [-0.39, 0.29) is 10.6 Å². The Kier molecular flexibility index (Phi) is 7.58. The van der Waals surface area contributed by atoms with Crippen LogP contribution in [0.2, 0.25) is 0 Å². The molecule has 0 aromatic heterocycles. The van der Waals surface area contributed by atoms with Crippen LogP contribution in [0.4, 0.5) is 5.69 Å². The number of nitrogen functional groups attached to an aromatic ring is 1. The van der Waals surface area contributed by atoms with Gasteiger partial charge in [0.15, 0.2) is 0 Å². The highest BCUT2D eigenvalue weighted by molar-refractivity contribution is 7.86. The minimum absolute atomic E-state index is 0.0509. The van der Waals surface area contributed by atoms with Gasteiger partial charge in [-0.05, 0) is 31.8 Å². The third-order valence-corrected chi connectivity index (χ3v) is 3.47. The molecule has 1 aromatic rings. The number of para-hydroxylation sites is 1. The molecule has 3 N–H and O–H groups in total. The van der Waals surface area contributed by atoms with Crippen LogP contribution < -0.4 is 5.73 Å². The first-order chi connectivity index (χ1) is 8.36. The summed E-state index contributed by atoms with van der Waals surface area (Å²) in [6.07, 6.45) is 0. The van der Waals surface area contributed by atoms with Crippen molar-refractivity contribution < 1.29 is 13.0 Å². The van der Waals surface area contributed by atoms with E-state index in [1.165, 1.54) is 37.8 Å². The summed E-state index contributed by atoms with van der Waals surface area (Å²) in [5.74, 6) is 0. The number of hydrogen-bond acceptors (Lipinski definition) is 4. The summed E-state index contributed by atoms with van der Waals surface area (Å²) >= 11 is 0. The Morgan fingerprint density at radius 1 is 1.11 bits per heavy atom. The summed E-state index contributed by atoms with van der Waals surface area (Å²) in [5, 5.41) is 0. The van der Waals surface area contributed by atoms with Gasteiger partial charge < -0.3 is 10.6 Å². The van der Waals surface area contributed by atoms with Crippen molar-refractivity contribution in [1.82, 2.24) is 4.90 Å². The molecule has 0 radical (unpaired) electrons. The standard InChI is InChI=1S/C6H7NO3S.C6H15N/c7-5-3-1-2-4-6(5)11(8,9)10;1-4-7(5-2)6-3/h1-4H,7H2,(H,8,9,10);4-6H2,1-3H3. The van der Waals surface area contributed by atoms with E-state index >= 15 is 0 Å². The lowest BCUT2D eigenvalue weighted by molar-refractivity contribution is 0.321. The van der Waals surface area contributed by atoms with E-state index in [9.17, 15) is 8.42 Å². The second-order valence-corrected chi connectivity index (χ2v) is 5.02. The fraction of sp³-hybridized carbons (Fsp3) is 0.500. The van der Waals surface area contributed by atoms with Gasteiger partial charge in [-0.1, -0.05) is 32.9 Å². The van der Waals surface area contributed by atoms with Gasteiger partial charge in [-0.25, -0.2) is 0 Å². The van der Waals surface area contributed by atoms with Crippen molar-refractivity contribution in [3.63, 3.8) is 0 Å². The molecule has 0 saturated heterocycles. The van der Waals surface area contributed by atoms with Crippen molar-refractivity contribution in [2.45, 2.75) is 25.7 Å². The van der Waals surface area contributed by atoms with Crippen molar-refractivity contribution in [3.05, 3.63) is 24.3 Å². The second kappa shape index (κ2) is 8.07. The summed E-state index contributed by atoms with van der Waals surface area (Å²) in [6.45, 7) is 10.1. The first kappa shape index (κ1) is 16.9. The molecule has 6 heteroatoms. The average molecular weight is 274 g/mol. The smallest absolute Gasteiger partial charge is 0.296 e. The lowest BCUT2D eigenvalue weighted by Crippen LogP contribution is -2.21. The van der Waals surface area contributed by atoms with Crippen LogP contribution in [0.5, 0.6) is 0 Å². The highest BCUT2D eigenvalue weighted by Crippen LogP contribution is 2.15. The lowest BCUT2D eigenvalue weighted by atomic mass is 10.3. The fourth-order valence-corrected chi connectivity index (χ4v) is 2.00. The van der Waals surface area contributed by atoms with Gasteiger partial charge in [0.2, 0.25) is 0 Å². The van der Waals surface area contributed by atoms with E-state index in [1.54, 1.807) is 6.07 Å². The quantitative estimate of drug-likeness (QED) is 0.647. The van der Waals surface area contributed by atoms with Crippen molar-refractivity contribution in [2.24, 2.45) is 0 Å². The van der Waals surface area contributed by atoms with Crippen molar-refractivity contribution >= 4 is 15.8 Å². The Balaban J connectivity index is 0.000000360. The molecule has 0 amide bonds. The van der Waals surface area contributed by atoms with E-state index in [0.717, 1.165) is 0 Å². The van der Waals surface area contributed by atoms with Gasteiger partial charge in [-0.3, -0.25) is 4.55 Å². The topological polar surface area (TPSA) is 83.6 Å². The van der Waals surface area contributed by atoms with Crippen LogP contribution >= 0.6 is 0 Å². The first-order valence-electron chi connectivity index (χ1n) is 5.91. The van der Waals surface area contributed by atoms with E-state index < -0.39 is 10.1 Å². The predicted molar refractivity (Wildman–Crippen MR) is 74.1 cm³/mol. The minimum atomic E-state index is -4.16. The zero-order valence-electron chi connectivity index (χ0n) is 11.1. The highest BCUT2D eigenvalue weighted by Gasteiger charge is 2.11. The molecule has 1 rings (SSSR count). The predicted octanol–water partition coefficient (Wildman–Crippen LogP) is 1.86. The van der Waals surface area contributed by atoms with Crippen LogP contribution in [0.3, 0.4) is 0 Å². The molecule has 0 saturated carbocycles. The van der Waals surface area contributed by atoms with Crippen molar-refractivity contribution in [1.29, 1.82) is 0 Å². The second-order valence-electron chi connectivity index (χ2n) is 3.63. The number of nitrogens with two attached hydrogens (primary N) is 1. The molecular formula is C12H22N2O3S. The molecule has 0 fully saturated rings. The molecule has 1 aromatic carbocycles. The minimum Gasteiger partial charge on any atom is -0.398 e. The molecule has 0 aliphatic carbocycles. The van der Waals surface area contributed by atoms with Crippen LogP contribution in [0.25, 0.3) is 0 Å². The summed E-state index contributed by atoms with van der Waals surface area (Å²) in [7, 11) is -4.16.